The summed E-state index contributed by atoms with van der Waals surface area (Å²) in [6, 6.07) is 0. The molecule has 2 N–H and O–H groups in total. The molecule has 4 rings (SSSR count). The number of allylic oxidation sites excluding steroid dienone is 1. The highest BCUT2D eigenvalue weighted by molar-refractivity contribution is 5.28. The number of hydrogen-bond acceptors (Lipinski definition) is 2. The van der Waals surface area contributed by atoms with Crippen LogP contribution in [0.1, 0.15) is 98.8 Å². The summed E-state index contributed by atoms with van der Waals surface area (Å²) in [6.45, 7) is 16.5. The molecule has 0 amide bonds. The molecule has 0 spiro atoms. The number of rotatable bonds is 6. The van der Waals surface area contributed by atoms with E-state index in [0.717, 1.165) is 31.1 Å². The van der Waals surface area contributed by atoms with Gasteiger partial charge in [0, 0.05) is 0 Å². The molecule has 0 aromatic carbocycles. The number of fused-ring (bicyclic) bond motifs is 5. The van der Waals surface area contributed by atoms with Crippen LogP contribution in [-0.2, 0) is 0 Å². The van der Waals surface area contributed by atoms with Crippen LogP contribution >= 0.6 is 0 Å². The molecule has 10 unspecified atom stereocenters. The van der Waals surface area contributed by atoms with Gasteiger partial charge in [-0.15, -0.1) is 0 Å². The summed E-state index contributed by atoms with van der Waals surface area (Å²) in [7, 11) is 0. The minimum atomic E-state index is -0.317. The highest BCUT2D eigenvalue weighted by atomic mass is 16.3. The Kier molecular flexibility index (Phi) is 6.56. The molecule has 2 nitrogen and oxygen atoms in total. The van der Waals surface area contributed by atoms with Gasteiger partial charge in [0.15, 0.2) is 0 Å². The second kappa shape index (κ2) is 8.64. The first-order valence-corrected chi connectivity index (χ1v) is 13.4. The second-order valence-corrected chi connectivity index (χ2v) is 12.5. The van der Waals surface area contributed by atoms with Crippen molar-refractivity contribution in [3.63, 3.8) is 0 Å². The summed E-state index contributed by atoms with van der Waals surface area (Å²) in [5.41, 5.74) is 3.36. The Labute approximate surface area is 191 Å². The standard InChI is InChI=1S/C29H48O2/c1-7-18(2)19(3)8-9-20(4)23-10-11-24-27-25(13-15-29(23,24)6)28(5)14-12-22(30)16-21(28)17-26(27)31/h17-18,20,22-27,30-31H,3,7-16H2,1-2,4-6H3. The lowest BCUT2D eigenvalue weighted by Crippen LogP contribution is -2.54. The van der Waals surface area contributed by atoms with Crippen molar-refractivity contribution in [2.45, 2.75) is 111 Å². The van der Waals surface area contributed by atoms with Crippen molar-refractivity contribution in [3.05, 3.63) is 23.8 Å². The SMILES string of the molecule is C=C(CCC(C)C1CCC2C3C(O)C=C4CC(O)CCC4(C)C3CCC12C)C(C)CC. The largest absolute Gasteiger partial charge is 0.393 e. The Balaban J connectivity index is 1.51. The van der Waals surface area contributed by atoms with Gasteiger partial charge < -0.3 is 10.2 Å². The minimum absolute atomic E-state index is 0.197. The van der Waals surface area contributed by atoms with Gasteiger partial charge in [-0.05, 0) is 111 Å². The number of hydrogen-bond donors (Lipinski definition) is 2. The van der Waals surface area contributed by atoms with Crippen molar-refractivity contribution < 1.29 is 10.2 Å². The van der Waals surface area contributed by atoms with Crippen LogP contribution in [0.3, 0.4) is 0 Å². The lowest BCUT2D eigenvalue weighted by molar-refractivity contribution is -0.0970. The van der Waals surface area contributed by atoms with Crippen LogP contribution in [0.5, 0.6) is 0 Å². The summed E-state index contributed by atoms with van der Waals surface area (Å²) in [6.07, 6.45) is 13.3. The van der Waals surface area contributed by atoms with E-state index in [2.05, 4.69) is 47.3 Å². The van der Waals surface area contributed by atoms with Gasteiger partial charge in [0.1, 0.15) is 0 Å². The third kappa shape index (κ3) is 3.88. The van der Waals surface area contributed by atoms with Crippen LogP contribution in [-0.4, -0.2) is 22.4 Å². The fourth-order valence-corrected chi connectivity index (χ4v) is 8.75. The molecular weight excluding hydrogens is 380 g/mol. The van der Waals surface area contributed by atoms with E-state index in [1.54, 1.807) is 0 Å². The molecule has 0 aromatic heterocycles. The summed E-state index contributed by atoms with van der Waals surface area (Å²) in [5.74, 6) is 3.80. The van der Waals surface area contributed by atoms with E-state index >= 15 is 0 Å². The zero-order valence-electron chi connectivity index (χ0n) is 20.9. The summed E-state index contributed by atoms with van der Waals surface area (Å²) in [5, 5.41) is 21.6. The Bertz CT molecular complexity index is 710. The first-order chi connectivity index (χ1) is 14.6. The van der Waals surface area contributed by atoms with Crippen LogP contribution in [0.25, 0.3) is 0 Å². The second-order valence-electron chi connectivity index (χ2n) is 12.5. The van der Waals surface area contributed by atoms with Gasteiger partial charge in [-0.1, -0.05) is 58.4 Å². The summed E-state index contributed by atoms with van der Waals surface area (Å²) < 4.78 is 0. The first kappa shape index (κ1) is 23.6. The van der Waals surface area contributed by atoms with E-state index in [1.807, 2.05) is 0 Å². The molecule has 10 atom stereocenters. The normalized spacial score (nSPS) is 46.4. The summed E-state index contributed by atoms with van der Waals surface area (Å²) >= 11 is 0. The first-order valence-electron chi connectivity index (χ1n) is 13.4. The smallest absolute Gasteiger partial charge is 0.0757 e. The van der Waals surface area contributed by atoms with Gasteiger partial charge in [-0.3, -0.25) is 0 Å². The predicted octanol–water partition coefficient (Wildman–Crippen LogP) is 6.92. The molecule has 0 aromatic rings. The van der Waals surface area contributed by atoms with Gasteiger partial charge >= 0.3 is 0 Å². The molecule has 2 heteroatoms. The molecule has 0 aliphatic heterocycles. The van der Waals surface area contributed by atoms with Crippen molar-refractivity contribution in [1.82, 2.24) is 0 Å². The van der Waals surface area contributed by atoms with Crippen molar-refractivity contribution in [2.24, 2.45) is 46.3 Å². The molecule has 3 saturated carbocycles. The van der Waals surface area contributed by atoms with Gasteiger partial charge in [-0.2, -0.15) is 0 Å². The van der Waals surface area contributed by atoms with E-state index in [-0.39, 0.29) is 17.6 Å². The van der Waals surface area contributed by atoms with Crippen LogP contribution in [0, 0.1) is 46.3 Å². The van der Waals surface area contributed by atoms with Crippen LogP contribution in [0.15, 0.2) is 23.8 Å². The molecular formula is C29H48O2. The Hall–Kier alpha value is -0.600. The molecule has 31 heavy (non-hydrogen) atoms. The topological polar surface area (TPSA) is 40.5 Å². The minimum Gasteiger partial charge on any atom is -0.393 e. The zero-order chi connectivity index (χ0) is 22.6. The van der Waals surface area contributed by atoms with E-state index < -0.39 is 0 Å². The van der Waals surface area contributed by atoms with Gasteiger partial charge in [0.2, 0.25) is 0 Å². The molecule has 3 fully saturated rings. The van der Waals surface area contributed by atoms with Crippen molar-refractivity contribution in [2.75, 3.05) is 0 Å². The van der Waals surface area contributed by atoms with Crippen LogP contribution in [0.2, 0.25) is 0 Å². The average Bonchev–Trinajstić information content (AvgIpc) is 3.09. The average molecular weight is 429 g/mol. The summed E-state index contributed by atoms with van der Waals surface area (Å²) in [4.78, 5) is 0. The Morgan fingerprint density at radius 2 is 1.84 bits per heavy atom. The molecule has 0 bridgehead atoms. The maximum absolute atomic E-state index is 11.3. The molecule has 176 valence electrons. The predicted molar refractivity (Wildman–Crippen MR) is 130 cm³/mol. The number of aliphatic hydroxyl groups is 2. The van der Waals surface area contributed by atoms with E-state index in [4.69, 9.17) is 0 Å². The van der Waals surface area contributed by atoms with Crippen molar-refractivity contribution >= 4 is 0 Å². The fraction of sp³-hybridized carbons (Fsp3) is 0.862. The fourth-order valence-electron chi connectivity index (χ4n) is 8.75. The maximum Gasteiger partial charge on any atom is 0.0757 e. The van der Waals surface area contributed by atoms with Gasteiger partial charge in [0.05, 0.1) is 12.2 Å². The zero-order valence-corrected chi connectivity index (χ0v) is 20.9. The Morgan fingerprint density at radius 3 is 2.55 bits per heavy atom. The monoisotopic (exact) mass is 428 g/mol. The molecule has 0 heterocycles. The molecule has 0 radical (unpaired) electrons. The maximum atomic E-state index is 11.3. The van der Waals surface area contributed by atoms with Gasteiger partial charge in [-0.25, -0.2) is 0 Å². The molecule has 4 aliphatic carbocycles. The highest BCUT2D eigenvalue weighted by Gasteiger charge is 2.61. The third-order valence-electron chi connectivity index (χ3n) is 11.1. The van der Waals surface area contributed by atoms with E-state index in [0.29, 0.717) is 29.1 Å². The van der Waals surface area contributed by atoms with Crippen LogP contribution in [0.4, 0.5) is 0 Å². The quantitative estimate of drug-likeness (QED) is 0.451. The van der Waals surface area contributed by atoms with Crippen LogP contribution < -0.4 is 0 Å². The highest BCUT2D eigenvalue weighted by Crippen LogP contribution is 2.67. The lowest BCUT2D eigenvalue weighted by Gasteiger charge is -2.59. The van der Waals surface area contributed by atoms with Crippen molar-refractivity contribution in [1.29, 1.82) is 0 Å². The Morgan fingerprint density at radius 1 is 1.10 bits per heavy atom. The molecule has 0 saturated heterocycles. The van der Waals surface area contributed by atoms with Crippen molar-refractivity contribution in [3.8, 4) is 0 Å². The lowest BCUT2D eigenvalue weighted by atomic mass is 9.46. The molecule has 4 aliphatic rings. The van der Waals surface area contributed by atoms with E-state index in [1.165, 1.54) is 56.1 Å². The third-order valence-corrected chi connectivity index (χ3v) is 11.1. The number of aliphatic hydroxyl groups excluding tert-OH is 2. The van der Waals surface area contributed by atoms with Gasteiger partial charge in [0.25, 0.3) is 0 Å². The van der Waals surface area contributed by atoms with E-state index in [9.17, 15) is 10.2 Å².